The summed E-state index contributed by atoms with van der Waals surface area (Å²) in [6.45, 7) is 0.690. The maximum absolute atomic E-state index is 10.9. The molecule has 4 heteroatoms. The van der Waals surface area contributed by atoms with Crippen molar-refractivity contribution in [1.82, 2.24) is 4.98 Å². The molecule has 0 aliphatic heterocycles. The summed E-state index contributed by atoms with van der Waals surface area (Å²) in [5.74, 6) is 0.977. The van der Waals surface area contributed by atoms with Gasteiger partial charge < -0.3 is 9.47 Å². The van der Waals surface area contributed by atoms with E-state index < -0.39 is 0 Å². The molecule has 0 bridgehead atoms. The smallest absolute Gasteiger partial charge is 0.229 e. The number of carbonyl (C=O) groups is 1. The van der Waals surface area contributed by atoms with Gasteiger partial charge in [-0.05, 0) is 36.2 Å². The molecule has 1 aromatic heterocycles. The van der Waals surface area contributed by atoms with Gasteiger partial charge in [-0.25, -0.2) is 4.98 Å². The maximum atomic E-state index is 10.9. The zero-order chi connectivity index (χ0) is 13.5. The van der Waals surface area contributed by atoms with Crippen molar-refractivity contribution >= 4 is 6.29 Å². The van der Waals surface area contributed by atoms with Crippen LogP contribution < -0.4 is 4.74 Å². The molecule has 0 aliphatic rings. The Labute approximate surface area is 112 Å². The summed E-state index contributed by atoms with van der Waals surface area (Å²) in [5, 5.41) is 0. The lowest BCUT2D eigenvalue weighted by Crippen LogP contribution is -1.95. The molecule has 0 saturated heterocycles. The number of hydrogen-bond acceptors (Lipinski definition) is 4. The zero-order valence-electron chi connectivity index (χ0n) is 10.7. The molecule has 1 heterocycles. The first-order valence-electron chi connectivity index (χ1n) is 5.99. The first-order chi connectivity index (χ1) is 9.33. The van der Waals surface area contributed by atoms with E-state index >= 15 is 0 Å². The maximum Gasteiger partial charge on any atom is 0.229 e. The van der Waals surface area contributed by atoms with Crippen LogP contribution in [0.1, 0.15) is 15.9 Å². The third-order valence-electron chi connectivity index (χ3n) is 2.66. The summed E-state index contributed by atoms with van der Waals surface area (Å²) in [4.78, 5) is 14.9. The lowest BCUT2D eigenvalue weighted by Gasteiger charge is -2.07. The van der Waals surface area contributed by atoms with Crippen LogP contribution in [0.5, 0.6) is 11.6 Å². The lowest BCUT2D eigenvalue weighted by atomic mass is 10.1. The number of benzene rings is 1. The molecule has 0 N–H and O–H groups in total. The molecular formula is C15H15NO3. The van der Waals surface area contributed by atoms with Crippen LogP contribution in [0.2, 0.25) is 0 Å². The average Bonchev–Trinajstić information content (AvgIpc) is 2.47. The molecule has 0 aliphatic carbocycles. The Morgan fingerprint density at radius 3 is 2.68 bits per heavy atom. The van der Waals surface area contributed by atoms with Gasteiger partial charge in [0, 0.05) is 13.3 Å². The fourth-order valence-electron chi connectivity index (χ4n) is 1.63. The van der Waals surface area contributed by atoms with Gasteiger partial charge in [0.05, 0.1) is 12.2 Å². The van der Waals surface area contributed by atoms with Crippen LogP contribution in [0.4, 0.5) is 0 Å². The van der Waals surface area contributed by atoms with Gasteiger partial charge >= 0.3 is 0 Å². The molecule has 0 radical (unpaired) electrons. The van der Waals surface area contributed by atoms with Crippen LogP contribution in [0.25, 0.3) is 0 Å². The lowest BCUT2D eigenvalue weighted by molar-refractivity contribution is 0.112. The molecule has 2 aromatic rings. The number of carbonyl (C=O) groups excluding carboxylic acids is 1. The van der Waals surface area contributed by atoms with E-state index in [-0.39, 0.29) is 0 Å². The van der Waals surface area contributed by atoms with Crippen molar-refractivity contribution in [2.24, 2.45) is 0 Å². The Balaban J connectivity index is 2.08. The van der Waals surface area contributed by atoms with E-state index in [1.54, 1.807) is 25.4 Å². The van der Waals surface area contributed by atoms with Gasteiger partial charge in [-0.1, -0.05) is 12.1 Å². The highest BCUT2D eigenvalue weighted by atomic mass is 16.5. The highest BCUT2D eigenvalue weighted by Gasteiger charge is 2.04. The fraction of sp³-hybridized carbons (Fsp3) is 0.200. The first-order valence-corrected chi connectivity index (χ1v) is 5.99. The second-order valence-corrected chi connectivity index (χ2v) is 4.00. The fourth-order valence-corrected chi connectivity index (χ4v) is 1.63. The Kier molecular flexibility index (Phi) is 4.64. The predicted octanol–water partition coefficient (Wildman–Crippen LogP) is 2.88. The van der Waals surface area contributed by atoms with Crippen LogP contribution in [-0.2, 0) is 11.2 Å². The van der Waals surface area contributed by atoms with E-state index in [1.165, 1.54) is 5.56 Å². The Bertz CT molecular complexity index is 537. The van der Waals surface area contributed by atoms with E-state index in [9.17, 15) is 4.79 Å². The molecule has 0 fully saturated rings. The second kappa shape index (κ2) is 6.66. The molecule has 4 nitrogen and oxygen atoms in total. The molecule has 0 unspecified atom stereocenters. The highest BCUT2D eigenvalue weighted by molar-refractivity contribution is 5.78. The summed E-state index contributed by atoms with van der Waals surface area (Å²) >= 11 is 0. The van der Waals surface area contributed by atoms with Crippen molar-refractivity contribution in [3.8, 4) is 11.6 Å². The van der Waals surface area contributed by atoms with Crippen molar-refractivity contribution in [3.63, 3.8) is 0 Å². The number of methoxy groups -OCH3 is 1. The molecular weight excluding hydrogens is 242 g/mol. The van der Waals surface area contributed by atoms with Gasteiger partial charge in [-0.3, -0.25) is 4.79 Å². The van der Waals surface area contributed by atoms with Gasteiger partial charge in [-0.2, -0.15) is 0 Å². The van der Waals surface area contributed by atoms with Gasteiger partial charge in [0.25, 0.3) is 0 Å². The van der Waals surface area contributed by atoms with Crippen LogP contribution in [0, 0.1) is 0 Å². The second-order valence-electron chi connectivity index (χ2n) is 4.00. The number of rotatable bonds is 6. The number of aldehydes is 1. The van der Waals surface area contributed by atoms with E-state index in [0.29, 0.717) is 23.8 Å². The monoisotopic (exact) mass is 257 g/mol. The number of hydrogen-bond donors (Lipinski definition) is 0. The van der Waals surface area contributed by atoms with Crippen LogP contribution >= 0.6 is 0 Å². The van der Waals surface area contributed by atoms with Crippen molar-refractivity contribution in [3.05, 3.63) is 53.7 Å². The van der Waals surface area contributed by atoms with Gasteiger partial charge in [0.2, 0.25) is 5.88 Å². The molecule has 1 aromatic carbocycles. The van der Waals surface area contributed by atoms with Crippen LogP contribution in [0.3, 0.4) is 0 Å². The highest BCUT2D eigenvalue weighted by Crippen LogP contribution is 2.22. The first kappa shape index (κ1) is 13.2. The number of nitrogens with zero attached hydrogens (tertiary/aromatic N) is 1. The quantitative estimate of drug-likeness (QED) is 0.746. The normalized spacial score (nSPS) is 10.2. The number of aromatic nitrogens is 1. The van der Waals surface area contributed by atoms with Crippen LogP contribution in [0.15, 0.2) is 42.6 Å². The van der Waals surface area contributed by atoms with Gasteiger partial charge in [0.15, 0.2) is 6.29 Å². The average molecular weight is 257 g/mol. The van der Waals surface area contributed by atoms with Gasteiger partial charge in [0.1, 0.15) is 5.75 Å². The van der Waals surface area contributed by atoms with E-state index in [4.69, 9.17) is 9.47 Å². The largest absolute Gasteiger partial charge is 0.438 e. The minimum atomic E-state index is 0.321. The summed E-state index contributed by atoms with van der Waals surface area (Å²) in [7, 11) is 1.68. The molecule has 19 heavy (non-hydrogen) atoms. The Morgan fingerprint density at radius 1 is 1.21 bits per heavy atom. The van der Waals surface area contributed by atoms with E-state index in [1.807, 2.05) is 24.3 Å². The molecule has 98 valence electrons. The summed E-state index contributed by atoms with van der Waals surface area (Å²) in [5.41, 5.74) is 1.61. The van der Waals surface area contributed by atoms with E-state index in [0.717, 1.165) is 12.7 Å². The summed E-state index contributed by atoms with van der Waals surface area (Å²) in [6.07, 6.45) is 3.19. The van der Waals surface area contributed by atoms with Crippen LogP contribution in [-0.4, -0.2) is 25.0 Å². The molecule has 0 saturated carbocycles. The molecule has 0 amide bonds. The predicted molar refractivity (Wildman–Crippen MR) is 71.7 cm³/mol. The zero-order valence-corrected chi connectivity index (χ0v) is 10.7. The third-order valence-corrected chi connectivity index (χ3v) is 2.66. The van der Waals surface area contributed by atoms with Gasteiger partial charge in [-0.15, -0.1) is 0 Å². The number of ether oxygens (including phenoxy) is 2. The molecule has 0 spiro atoms. The topological polar surface area (TPSA) is 48.4 Å². The van der Waals surface area contributed by atoms with Crippen molar-refractivity contribution in [2.75, 3.05) is 13.7 Å². The Hall–Kier alpha value is -2.20. The molecule has 0 atom stereocenters. The molecule has 2 rings (SSSR count). The summed E-state index contributed by atoms with van der Waals surface area (Å²) in [6, 6.07) is 11.0. The van der Waals surface area contributed by atoms with Crippen molar-refractivity contribution in [1.29, 1.82) is 0 Å². The minimum Gasteiger partial charge on any atom is -0.438 e. The third kappa shape index (κ3) is 3.63. The SMILES string of the molecule is COCCc1ccc(Oc2ncccc2C=O)cc1. The van der Waals surface area contributed by atoms with Crippen molar-refractivity contribution < 1.29 is 14.3 Å². The standard InChI is InChI=1S/C15H15NO3/c1-18-10-8-12-4-6-14(7-5-12)19-15-13(11-17)3-2-9-16-15/h2-7,9,11H,8,10H2,1H3. The van der Waals surface area contributed by atoms with E-state index in [2.05, 4.69) is 4.98 Å². The number of pyridine rings is 1. The minimum absolute atomic E-state index is 0.321. The van der Waals surface area contributed by atoms with Crippen molar-refractivity contribution in [2.45, 2.75) is 6.42 Å². The summed E-state index contributed by atoms with van der Waals surface area (Å²) < 4.78 is 10.6. The Morgan fingerprint density at radius 2 is 2.00 bits per heavy atom.